The Hall–Kier alpha value is -3.15. The van der Waals surface area contributed by atoms with E-state index in [-0.39, 0.29) is 5.91 Å². The lowest BCUT2D eigenvalue weighted by Gasteiger charge is -2.17. The minimum atomic E-state index is -0.560. The van der Waals surface area contributed by atoms with Crippen molar-refractivity contribution in [3.8, 4) is 11.6 Å². The van der Waals surface area contributed by atoms with Crippen molar-refractivity contribution in [3.05, 3.63) is 66.9 Å². The highest BCUT2D eigenvalue weighted by Gasteiger charge is 2.18. The first kappa shape index (κ1) is 16.7. The van der Waals surface area contributed by atoms with Crippen LogP contribution < -0.4 is 10.1 Å². The summed E-state index contributed by atoms with van der Waals surface area (Å²) in [5, 5.41) is 2.85. The molecule has 0 spiro atoms. The summed E-state index contributed by atoms with van der Waals surface area (Å²) >= 11 is 0. The highest BCUT2D eigenvalue weighted by Crippen LogP contribution is 2.17. The van der Waals surface area contributed by atoms with Gasteiger partial charge in [-0.15, -0.1) is 0 Å². The maximum atomic E-state index is 12.5. The number of nitrogens with one attached hydrogen (secondary N) is 1. The van der Waals surface area contributed by atoms with Crippen LogP contribution in [0.15, 0.2) is 61.3 Å². The zero-order valence-electron chi connectivity index (χ0n) is 14.2. The molecule has 0 bridgehead atoms. The summed E-state index contributed by atoms with van der Waals surface area (Å²) in [5.74, 6) is 1.23. The predicted molar refractivity (Wildman–Crippen MR) is 95.9 cm³/mol. The summed E-state index contributed by atoms with van der Waals surface area (Å²) in [6.07, 6.45) is 6.79. The van der Waals surface area contributed by atoms with Gasteiger partial charge < -0.3 is 10.1 Å². The molecule has 1 amide bonds. The second-order valence-corrected chi connectivity index (χ2v) is 5.70. The first-order valence-electron chi connectivity index (χ1n) is 8.14. The molecule has 1 aromatic carbocycles. The normalized spacial score (nSPS) is 11.8. The molecule has 6 heteroatoms. The number of carbonyl (C=O) groups excluding carboxylic acids is 1. The van der Waals surface area contributed by atoms with Gasteiger partial charge in [0.2, 0.25) is 0 Å². The standard InChI is InChI=1S/C19H20N4O2/c1-3-17(25-16-6-4-5-14(2)11-16)19(24)22-15-7-8-18(21-12-15)23-10-9-20-13-23/h4-13,17H,3H2,1-2H3,(H,22,24)/t17-/m1/s1. The molecule has 0 unspecified atom stereocenters. The lowest BCUT2D eigenvalue weighted by atomic mass is 10.2. The summed E-state index contributed by atoms with van der Waals surface area (Å²) in [6, 6.07) is 11.3. The third-order valence-electron chi connectivity index (χ3n) is 3.72. The monoisotopic (exact) mass is 336 g/mol. The van der Waals surface area contributed by atoms with E-state index < -0.39 is 6.10 Å². The number of benzene rings is 1. The van der Waals surface area contributed by atoms with E-state index in [0.717, 1.165) is 11.4 Å². The van der Waals surface area contributed by atoms with E-state index in [4.69, 9.17) is 4.74 Å². The Labute approximate surface area is 146 Å². The highest BCUT2D eigenvalue weighted by molar-refractivity contribution is 5.94. The zero-order chi connectivity index (χ0) is 17.6. The Morgan fingerprint density at radius 1 is 1.32 bits per heavy atom. The Bertz CT molecular complexity index is 829. The van der Waals surface area contributed by atoms with Gasteiger partial charge in [0.05, 0.1) is 11.9 Å². The van der Waals surface area contributed by atoms with Gasteiger partial charge in [0.25, 0.3) is 5.91 Å². The van der Waals surface area contributed by atoms with Crippen molar-refractivity contribution in [2.45, 2.75) is 26.4 Å². The second-order valence-electron chi connectivity index (χ2n) is 5.70. The molecule has 2 heterocycles. The van der Waals surface area contributed by atoms with Crippen LogP contribution in [0.5, 0.6) is 5.75 Å². The van der Waals surface area contributed by atoms with Crippen molar-refractivity contribution in [2.75, 3.05) is 5.32 Å². The molecule has 3 rings (SSSR count). The number of nitrogens with zero attached hydrogens (tertiary/aromatic N) is 3. The number of pyridine rings is 1. The number of anilines is 1. The number of carbonyl (C=O) groups is 1. The van der Waals surface area contributed by atoms with Crippen LogP contribution in [0.25, 0.3) is 5.82 Å². The maximum absolute atomic E-state index is 12.5. The van der Waals surface area contributed by atoms with Crippen LogP contribution in [0.1, 0.15) is 18.9 Å². The molecule has 1 atom stereocenters. The molecule has 1 N–H and O–H groups in total. The van der Waals surface area contributed by atoms with Crippen molar-refractivity contribution in [1.82, 2.24) is 14.5 Å². The van der Waals surface area contributed by atoms with E-state index in [1.54, 1.807) is 29.4 Å². The van der Waals surface area contributed by atoms with Crippen molar-refractivity contribution in [2.24, 2.45) is 0 Å². The molecular formula is C19H20N4O2. The Morgan fingerprint density at radius 3 is 2.84 bits per heavy atom. The summed E-state index contributed by atoms with van der Waals surface area (Å²) < 4.78 is 7.61. The Morgan fingerprint density at radius 2 is 2.20 bits per heavy atom. The zero-order valence-corrected chi connectivity index (χ0v) is 14.2. The Kier molecular flexibility index (Phi) is 5.09. The summed E-state index contributed by atoms with van der Waals surface area (Å²) in [7, 11) is 0. The summed E-state index contributed by atoms with van der Waals surface area (Å²) in [5.41, 5.74) is 1.72. The molecule has 0 saturated carbocycles. The first-order chi connectivity index (χ1) is 12.2. The molecule has 0 fully saturated rings. The van der Waals surface area contributed by atoms with Gasteiger partial charge in [0, 0.05) is 12.4 Å². The molecular weight excluding hydrogens is 316 g/mol. The van der Waals surface area contributed by atoms with Crippen LogP contribution in [0, 0.1) is 6.92 Å². The fourth-order valence-electron chi connectivity index (χ4n) is 2.41. The van der Waals surface area contributed by atoms with E-state index in [9.17, 15) is 4.79 Å². The van der Waals surface area contributed by atoms with Gasteiger partial charge in [-0.05, 0) is 43.2 Å². The molecule has 0 aliphatic carbocycles. The van der Waals surface area contributed by atoms with Crippen LogP contribution in [-0.4, -0.2) is 26.5 Å². The fraction of sp³-hybridized carbons (Fsp3) is 0.211. The van der Waals surface area contributed by atoms with Gasteiger partial charge >= 0.3 is 0 Å². The van der Waals surface area contributed by atoms with E-state index in [2.05, 4.69) is 15.3 Å². The van der Waals surface area contributed by atoms with Gasteiger partial charge in [-0.2, -0.15) is 0 Å². The van der Waals surface area contributed by atoms with E-state index in [1.807, 2.05) is 50.4 Å². The summed E-state index contributed by atoms with van der Waals surface area (Å²) in [4.78, 5) is 20.8. The number of amides is 1. The number of aryl methyl sites for hydroxylation is 1. The van der Waals surface area contributed by atoms with E-state index in [0.29, 0.717) is 17.9 Å². The third-order valence-corrected chi connectivity index (χ3v) is 3.72. The number of ether oxygens (including phenoxy) is 1. The molecule has 0 saturated heterocycles. The number of rotatable bonds is 6. The van der Waals surface area contributed by atoms with Crippen molar-refractivity contribution in [3.63, 3.8) is 0 Å². The second kappa shape index (κ2) is 7.61. The van der Waals surface area contributed by atoms with Crippen LogP contribution >= 0.6 is 0 Å². The van der Waals surface area contributed by atoms with E-state index in [1.165, 1.54) is 0 Å². The maximum Gasteiger partial charge on any atom is 0.265 e. The number of hydrogen-bond acceptors (Lipinski definition) is 4. The Balaban J connectivity index is 1.65. The van der Waals surface area contributed by atoms with Crippen LogP contribution in [0.4, 0.5) is 5.69 Å². The molecule has 0 aliphatic heterocycles. The lowest BCUT2D eigenvalue weighted by molar-refractivity contribution is -0.122. The molecule has 6 nitrogen and oxygen atoms in total. The van der Waals surface area contributed by atoms with E-state index >= 15 is 0 Å². The number of aromatic nitrogens is 3. The predicted octanol–water partition coefficient (Wildman–Crippen LogP) is 3.37. The van der Waals surface area contributed by atoms with Gasteiger partial charge in [-0.25, -0.2) is 9.97 Å². The largest absolute Gasteiger partial charge is 0.481 e. The average molecular weight is 336 g/mol. The molecule has 3 aromatic rings. The first-order valence-corrected chi connectivity index (χ1v) is 8.14. The minimum Gasteiger partial charge on any atom is -0.481 e. The van der Waals surface area contributed by atoms with Gasteiger partial charge in [-0.3, -0.25) is 9.36 Å². The molecule has 2 aromatic heterocycles. The quantitative estimate of drug-likeness (QED) is 0.749. The number of hydrogen-bond donors (Lipinski definition) is 1. The molecule has 128 valence electrons. The highest BCUT2D eigenvalue weighted by atomic mass is 16.5. The van der Waals surface area contributed by atoms with Crippen molar-refractivity contribution in [1.29, 1.82) is 0 Å². The van der Waals surface area contributed by atoms with Crippen molar-refractivity contribution < 1.29 is 9.53 Å². The van der Waals surface area contributed by atoms with Crippen LogP contribution in [0.3, 0.4) is 0 Å². The van der Waals surface area contributed by atoms with Gasteiger partial charge in [-0.1, -0.05) is 19.1 Å². The van der Waals surface area contributed by atoms with Crippen LogP contribution in [0.2, 0.25) is 0 Å². The third kappa shape index (κ3) is 4.23. The molecule has 0 aliphatic rings. The minimum absolute atomic E-state index is 0.193. The lowest BCUT2D eigenvalue weighted by Crippen LogP contribution is -2.32. The fourth-order valence-corrected chi connectivity index (χ4v) is 2.41. The smallest absolute Gasteiger partial charge is 0.265 e. The van der Waals surface area contributed by atoms with Crippen LogP contribution in [-0.2, 0) is 4.79 Å². The van der Waals surface area contributed by atoms with Gasteiger partial charge in [0.1, 0.15) is 17.9 Å². The van der Waals surface area contributed by atoms with Gasteiger partial charge in [0.15, 0.2) is 6.10 Å². The average Bonchev–Trinajstić information content (AvgIpc) is 3.15. The molecule has 25 heavy (non-hydrogen) atoms. The SMILES string of the molecule is CC[C@@H](Oc1cccc(C)c1)C(=O)Nc1ccc(-n2ccnc2)nc1. The van der Waals surface area contributed by atoms with Crippen molar-refractivity contribution >= 4 is 11.6 Å². The number of imidazole rings is 1. The molecule has 0 radical (unpaired) electrons. The topological polar surface area (TPSA) is 69.0 Å². The summed E-state index contributed by atoms with van der Waals surface area (Å²) in [6.45, 7) is 3.90.